The third kappa shape index (κ3) is 5.80. The molecule has 1 rings (SSSR count). The first-order valence-corrected chi connectivity index (χ1v) is 6.21. The Labute approximate surface area is 98.3 Å². The number of unbranched alkanes of at least 4 members (excludes halogenated alkanes) is 2. The molecule has 0 aromatic rings. The number of hydrogen-bond acceptors (Lipinski definition) is 4. The van der Waals surface area contributed by atoms with Crippen molar-refractivity contribution in [1.82, 2.24) is 5.32 Å². The molecule has 0 bridgehead atoms. The molecule has 16 heavy (non-hydrogen) atoms. The van der Waals surface area contributed by atoms with Crippen molar-refractivity contribution in [1.29, 1.82) is 0 Å². The van der Waals surface area contributed by atoms with Gasteiger partial charge in [0.05, 0.1) is 18.3 Å². The van der Waals surface area contributed by atoms with E-state index in [0.29, 0.717) is 6.61 Å². The summed E-state index contributed by atoms with van der Waals surface area (Å²) >= 11 is 0. The lowest BCUT2D eigenvalue weighted by Gasteiger charge is -2.36. The Morgan fingerprint density at radius 2 is 2.19 bits per heavy atom. The van der Waals surface area contributed by atoms with Gasteiger partial charge in [-0.2, -0.15) is 0 Å². The standard InChI is InChI=1S/C12H25NO3/c1-12(2)10-13-8-11(16-12)9-15-7-5-3-4-6-14/h11,13-14H,3-10H2,1-2H3. The quantitative estimate of drug-likeness (QED) is 0.640. The summed E-state index contributed by atoms with van der Waals surface area (Å²) in [5.41, 5.74) is -0.0802. The molecule has 2 N–H and O–H groups in total. The SMILES string of the molecule is CC1(C)CNCC(COCCCCCO)O1. The molecule has 1 heterocycles. The van der Waals surface area contributed by atoms with Crippen LogP contribution in [0.1, 0.15) is 33.1 Å². The van der Waals surface area contributed by atoms with Gasteiger partial charge in [-0.1, -0.05) is 0 Å². The lowest BCUT2D eigenvalue weighted by molar-refractivity contribution is -0.120. The topological polar surface area (TPSA) is 50.7 Å². The third-order valence-corrected chi connectivity index (χ3v) is 2.66. The van der Waals surface area contributed by atoms with Gasteiger partial charge in [-0.3, -0.25) is 0 Å². The van der Waals surface area contributed by atoms with Crippen molar-refractivity contribution in [2.24, 2.45) is 0 Å². The fourth-order valence-electron chi connectivity index (χ4n) is 1.87. The molecule has 4 nitrogen and oxygen atoms in total. The van der Waals surface area contributed by atoms with Gasteiger partial charge in [0.1, 0.15) is 0 Å². The van der Waals surface area contributed by atoms with E-state index >= 15 is 0 Å². The zero-order chi connectivity index (χ0) is 11.9. The number of ether oxygens (including phenoxy) is 2. The fourth-order valence-corrected chi connectivity index (χ4v) is 1.87. The van der Waals surface area contributed by atoms with E-state index in [1.807, 2.05) is 0 Å². The highest BCUT2D eigenvalue weighted by Gasteiger charge is 2.28. The van der Waals surface area contributed by atoms with Crippen molar-refractivity contribution in [3.63, 3.8) is 0 Å². The molecule has 96 valence electrons. The van der Waals surface area contributed by atoms with Crippen LogP contribution in [-0.4, -0.2) is 49.7 Å². The highest BCUT2D eigenvalue weighted by Crippen LogP contribution is 2.15. The summed E-state index contributed by atoms with van der Waals surface area (Å²) in [4.78, 5) is 0. The predicted molar refractivity (Wildman–Crippen MR) is 63.6 cm³/mol. The van der Waals surface area contributed by atoms with Crippen LogP contribution >= 0.6 is 0 Å². The van der Waals surface area contributed by atoms with Crippen LogP contribution in [0.2, 0.25) is 0 Å². The first-order chi connectivity index (χ1) is 7.64. The van der Waals surface area contributed by atoms with E-state index in [9.17, 15) is 0 Å². The molecule has 0 saturated carbocycles. The Balaban J connectivity index is 2.00. The van der Waals surface area contributed by atoms with Gasteiger partial charge in [-0.05, 0) is 33.1 Å². The number of morpholine rings is 1. The molecule has 0 aromatic carbocycles. The second-order valence-electron chi connectivity index (χ2n) is 4.99. The average molecular weight is 231 g/mol. The van der Waals surface area contributed by atoms with Gasteiger partial charge in [0, 0.05) is 26.3 Å². The molecule has 0 aromatic heterocycles. The van der Waals surface area contributed by atoms with E-state index in [1.54, 1.807) is 0 Å². The van der Waals surface area contributed by atoms with Gasteiger partial charge in [0.25, 0.3) is 0 Å². The van der Waals surface area contributed by atoms with Crippen LogP contribution < -0.4 is 5.32 Å². The highest BCUT2D eigenvalue weighted by molar-refractivity contribution is 4.81. The number of hydrogen-bond donors (Lipinski definition) is 2. The number of aliphatic hydroxyl groups excluding tert-OH is 1. The maximum atomic E-state index is 8.62. The maximum Gasteiger partial charge on any atom is 0.0940 e. The summed E-state index contributed by atoms with van der Waals surface area (Å²) in [6.45, 7) is 7.67. The molecule has 1 aliphatic rings. The maximum absolute atomic E-state index is 8.62. The second kappa shape index (κ2) is 7.22. The van der Waals surface area contributed by atoms with E-state index < -0.39 is 0 Å². The highest BCUT2D eigenvalue weighted by atomic mass is 16.5. The molecule has 0 radical (unpaired) electrons. The Morgan fingerprint density at radius 3 is 2.88 bits per heavy atom. The van der Waals surface area contributed by atoms with Crippen molar-refractivity contribution in [3.8, 4) is 0 Å². The summed E-state index contributed by atoms with van der Waals surface area (Å²) in [5, 5.41) is 12.0. The van der Waals surface area contributed by atoms with E-state index in [0.717, 1.165) is 39.0 Å². The molecular formula is C12H25NO3. The zero-order valence-corrected chi connectivity index (χ0v) is 10.5. The fraction of sp³-hybridized carbons (Fsp3) is 1.00. The summed E-state index contributed by atoms with van der Waals surface area (Å²) in [6.07, 6.45) is 3.09. The lowest BCUT2D eigenvalue weighted by atomic mass is 10.1. The second-order valence-corrected chi connectivity index (χ2v) is 4.99. The predicted octanol–water partition coefficient (Wildman–Crippen LogP) is 0.933. The summed E-state index contributed by atoms with van der Waals surface area (Å²) in [5.74, 6) is 0. The molecular weight excluding hydrogens is 206 g/mol. The molecule has 1 atom stereocenters. The van der Waals surface area contributed by atoms with E-state index in [1.165, 1.54) is 0 Å². The normalized spacial score (nSPS) is 24.6. The van der Waals surface area contributed by atoms with Crippen molar-refractivity contribution in [2.75, 3.05) is 32.9 Å². The Bertz CT molecular complexity index is 185. The third-order valence-electron chi connectivity index (χ3n) is 2.66. The van der Waals surface area contributed by atoms with Crippen LogP contribution in [0.15, 0.2) is 0 Å². The number of aliphatic hydroxyl groups is 1. The molecule has 0 spiro atoms. The Morgan fingerprint density at radius 1 is 1.38 bits per heavy atom. The first-order valence-electron chi connectivity index (χ1n) is 6.21. The van der Waals surface area contributed by atoms with Crippen LogP contribution in [0.4, 0.5) is 0 Å². The van der Waals surface area contributed by atoms with Gasteiger partial charge >= 0.3 is 0 Å². The van der Waals surface area contributed by atoms with Gasteiger partial charge in [0.15, 0.2) is 0 Å². The van der Waals surface area contributed by atoms with E-state index in [2.05, 4.69) is 19.2 Å². The Hall–Kier alpha value is -0.160. The minimum absolute atomic E-state index is 0.0802. The van der Waals surface area contributed by atoms with Gasteiger partial charge in [-0.15, -0.1) is 0 Å². The van der Waals surface area contributed by atoms with Crippen LogP contribution in [0, 0.1) is 0 Å². The van der Waals surface area contributed by atoms with E-state index in [4.69, 9.17) is 14.6 Å². The number of nitrogens with one attached hydrogen (secondary N) is 1. The van der Waals surface area contributed by atoms with Gasteiger partial charge in [-0.25, -0.2) is 0 Å². The molecule has 4 heteroatoms. The summed E-state index contributed by atoms with van der Waals surface area (Å²) < 4.78 is 11.4. The zero-order valence-electron chi connectivity index (χ0n) is 10.5. The van der Waals surface area contributed by atoms with Crippen molar-refractivity contribution in [3.05, 3.63) is 0 Å². The Kier molecular flexibility index (Phi) is 6.28. The molecule has 1 aliphatic heterocycles. The lowest BCUT2D eigenvalue weighted by Crippen LogP contribution is -2.51. The molecule has 1 fully saturated rings. The van der Waals surface area contributed by atoms with Crippen molar-refractivity contribution < 1.29 is 14.6 Å². The van der Waals surface area contributed by atoms with Crippen LogP contribution in [0.5, 0.6) is 0 Å². The van der Waals surface area contributed by atoms with Gasteiger partial charge < -0.3 is 19.9 Å². The van der Waals surface area contributed by atoms with Crippen LogP contribution in [0.3, 0.4) is 0 Å². The molecule has 0 aliphatic carbocycles. The van der Waals surface area contributed by atoms with Crippen LogP contribution in [0.25, 0.3) is 0 Å². The first kappa shape index (κ1) is 13.9. The molecule has 1 unspecified atom stereocenters. The summed E-state index contributed by atoms with van der Waals surface area (Å²) in [6, 6.07) is 0. The minimum Gasteiger partial charge on any atom is -0.396 e. The minimum atomic E-state index is -0.0802. The molecule has 0 amide bonds. The average Bonchev–Trinajstić information content (AvgIpc) is 2.22. The number of rotatable bonds is 7. The molecule has 1 saturated heterocycles. The van der Waals surface area contributed by atoms with Crippen molar-refractivity contribution >= 4 is 0 Å². The monoisotopic (exact) mass is 231 g/mol. The van der Waals surface area contributed by atoms with Gasteiger partial charge in [0.2, 0.25) is 0 Å². The smallest absolute Gasteiger partial charge is 0.0940 e. The largest absolute Gasteiger partial charge is 0.396 e. The van der Waals surface area contributed by atoms with E-state index in [-0.39, 0.29) is 18.3 Å². The van der Waals surface area contributed by atoms with Crippen LogP contribution in [-0.2, 0) is 9.47 Å². The van der Waals surface area contributed by atoms with Crippen molar-refractivity contribution in [2.45, 2.75) is 44.8 Å². The summed E-state index contributed by atoms with van der Waals surface area (Å²) in [7, 11) is 0.